The van der Waals surface area contributed by atoms with E-state index in [0.717, 1.165) is 6.54 Å². The van der Waals surface area contributed by atoms with Gasteiger partial charge in [0.05, 0.1) is 4.70 Å². The summed E-state index contributed by atoms with van der Waals surface area (Å²) in [6, 6.07) is 4.99. The van der Waals surface area contributed by atoms with Gasteiger partial charge in [0.25, 0.3) is 0 Å². The summed E-state index contributed by atoms with van der Waals surface area (Å²) in [5.41, 5.74) is 0. The van der Waals surface area contributed by atoms with E-state index in [1.165, 1.54) is 34.2 Å². The van der Waals surface area contributed by atoms with Crippen molar-refractivity contribution in [3.8, 4) is 0 Å². The predicted molar refractivity (Wildman–Crippen MR) is 64.2 cm³/mol. The van der Waals surface area contributed by atoms with Gasteiger partial charge in [0, 0.05) is 23.3 Å². The maximum atomic E-state index is 4.16. The van der Waals surface area contributed by atoms with E-state index in [4.69, 9.17) is 0 Å². The fourth-order valence-electron chi connectivity index (χ4n) is 2.17. The van der Waals surface area contributed by atoms with E-state index >= 15 is 0 Å². The fraction of sp³-hybridized carbons (Fsp3) is 0.417. The van der Waals surface area contributed by atoms with Gasteiger partial charge >= 0.3 is 0 Å². The predicted octanol–water partition coefficient (Wildman–Crippen LogP) is 3.11. The Morgan fingerprint density at radius 2 is 2.40 bits per heavy atom. The molecule has 15 heavy (non-hydrogen) atoms. The second-order valence-electron chi connectivity index (χ2n) is 4.06. The zero-order chi connectivity index (χ0) is 10.1. The minimum absolute atomic E-state index is 0.580. The van der Waals surface area contributed by atoms with Crippen molar-refractivity contribution in [2.45, 2.75) is 25.3 Å². The number of fused-ring (bicyclic) bond motifs is 1. The average Bonchev–Trinajstić information content (AvgIpc) is 2.74. The van der Waals surface area contributed by atoms with E-state index < -0.39 is 0 Å². The number of aromatic nitrogens is 1. The van der Waals surface area contributed by atoms with Crippen molar-refractivity contribution in [3.63, 3.8) is 0 Å². The summed E-state index contributed by atoms with van der Waals surface area (Å²) in [6.45, 7) is 1.16. The monoisotopic (exact) mass is 218 g/mol. The number of nitrogens with one attached hydrogen (secondary N) is 1. The summed E-state index contributed by atoms with van der Waals surface area (Å²) in [4.78, 5) is 5.63. The van der Waals surface area contributed by atoms with E-state index in [1.54, 1.807) is 0 Å². The van der Waals surface area contributed by atoms with Crippen LogP contribution in [0.2, 0.25) is 0 Å². The summed E-state index contributed by atoms with van der Waals surface area (Å²) in [5, 5.41) is 4.92. The van der Waals surface area contributed by atoms with Crippen LogP contribution in [-0.2, 0) is 0 Å². The summed E-state index contributed by atoms with van der Waals surface area (Å²) in [5.74, 6) is 0. The minimum atomic E-state index is 0.580. The third-order valence-corrected chi connectivity index (χ3v) is 4.19. The highest BCUT2D eigenvalue weighted by Crippen LogP contribution is 2.32. The first kappa shape index (κ1) is 9.31. The summed E-state index contributed by atoms with van der Waals surface area (Å²) in [7, 11) is 0. The highest BCUT2D eigenvalue weighted by atomic mass is 32.1. The molecule has 1 aliphatic rings. The lowest BCUT2D eigenvalue weighted by molar-refractivity contribution is 0.417. The van der Waals surface area contributed by atoms with E-state index in [9.17, 15) is 0 Å². The SMILES string of the molecule is c1cc2cc(C3CCCCN3)sc2cn1. The van der Waals surface area contributed by atoms with Gasteiger partial charge in [-0.05, 0) is 36.9 Å². The molecular weight excluding hydrogens is 204 g/mol. The molecule has 1 N–H and O–H groups in total. The molecule has 0 bridgehead atoms. The van der Waals surface area contributed by atoms with E-state index in [2.05, 4.69) is 22.4 Å². The number of hydrogen-bond acceptors (Lipinski definition) is 3. The molecule has 2 nitrogen and oxygen atoms in total. The molecule has 1 fully saturated rings. The lowest BCUT2D eigenvalue weighted by atomic mass is 10.0. The lowest BCUT2D eigenvalue weighted by Gasteiger charge is -2.21. The minimum Gasteiger partial charge on any atom is -0.309 e. The Hall–Kier alpha value is -0.930. The van der Waals surface area contributed by atoms with Gasteiger partial charge < -0.3 is 5.32 Å². The highest BCUT2D eigenvalue weighted by molar-refractivity contribution is 7.19. The summed E-state index contributed by atoms with van der Waals surface area (Å²) in [6.07, 6.45) is 7.78. The van der Waals surface area contributed by atoms with E-state index in [-0.39, 0.29) is 0 Å². The molecule has 1 saturated heterocycles. The van der Waals surface area contributed by atoms with Crippen LogP contribution in [0.5, 0.6) is 0 Å². The first-order valence-electron chi connectivity index (χ1n) is 5.50. The van der Waals surface area contributed by atoms with Gasteiger partial charge in [-0.25, -0.2) is 0 Å². The number of rotatable bonds is 1. The van der Waals surface area contributed by atoms with Crippen molar-refractivity contribution in [3.05, 3.63) is 29.4 Å². The van der Waals surface area contributed by atoms with E-state index in [0.29, 0.717) is 6.04 Å². The third-order valence-electron chi connectivity index (χ3n) is 3.00. The summed E-state index contributed by atoms with van der Waals surface area (Å²) < 4.78 is 1.31. The third kappa shape index (κ3) is 1.77. The Balaban J connectivity index is 1.96. The van der Waals surface area contributed by atoms with Gasteiger partial charge in [0.1, 0.15) is 0 Å². The molecule has 1 unspecified atom stereocenters. The zero-order valence-corrected chi connectivity index (χ0v) is 9.39. The molecular formula is C12H14N2S. The Kier molecular flexibility index (Phi) is 2.43. The molecule has 0 spiro atoms. The van der Waals surface area contributed by atoms with Crippen LogP contribution in [0.4, 0.5) is 0 Å². The summed E-state index contributed by atoms with van der Waals surface area (Å²) >= 11 is 1.88. The molecule has 2 aromatic heterocycles. The molecule has 0 aliphatic carbocycles. The maximum Gasteiger partial charge on any atom is 0.0529 e. The number of thiophene rings is 1. The fourth-order valence-corrected chi connectivity index (χ4v) is 3.31. The quantitative estimate of drug-likeness (QED) is 0.795. The van der Waals surface area contributed by atoms with Gasteiger partial charge in [-0.2, -0.15) is 0 Å². The largest absolute Gasteiger partial charge is 0.309 e. The highest BCUT2D eigenvalue weighted by Gasteiger charge is 2.16. The Morgan fingerprint density at radius 1 is 1.40 bits per heavy atom. The van der Waals surface area contributed by atoms with Crippen LogP contribution in [-0.4, -0.2) is 11.5 Å². The van der Waals surface area contributed by atoms with Crippen molar-refractivity contribution in [2.75, 3.05) is 6.54 Å². The van der Waals surface area contributed by atoms with Crippen LogP contribution >= 0.6 is 11.3 Å². The van der Waals surface area contributed by atoms with Gasteiger partial charge in [-0.3, -0.25) is 4.98 Å². The molecule has 3 rings (SSSR count). The maximum absolute atomic E-state index is 4.16. The molecule has 78 valence electrons. The standard InChI is InChI=1S/C12H14N2S/c1-2-5-14-10(3-1)11-7-9-4-6-13-8-12(9)15-11/h4,6-8,10,14H,1-3,5H2. The number of pyridine rings is 1. The smallest absolute Gasteiger partial charge is 0.0529 e. The van der Waals surface area contributed by atoms with Crippen molar-refractivity contribution in [1.29, 1.82) is 0 Å². The molecule has 1 atom stereocenters. The first-order valence-corrected chi connectivity index (χ1v) is 6.32. The van der Waals surface area contributed by atoms with E-state index in [1.807, 2.05) is 23.7 Å². The molecule has 1 aliphatic heterocycles. The topological polar surface area (TPSA) is 24.9 Å². The Labute approximate surface area is 93.3 Å². The van der Waals surface area contributed by atoms with Crippen LogP contribution in [0.15, 0.2) is 24.5 Å². The number of hydrogen-bond donors (Lipinski definition) is 1. The Morgan fingerprint density at radius 3 is 3.20 bits per heavy atom. The van der Waals surface area contributed by atoms with Crippen molar-refractivity contribution in [1.82, 2.24) is 10.3 Å². The molecule has 0 aromatic carbocycles. The van der Waals surface area contributed by atoms with Gasteiger partial charge in [-0.15, -0.1) is 11.3 Å². The second-order valence-corrected chi connectivity index (χ2v) is 5.18. The lowest BCUT2D eigenvalue weighted by Crippen LogP contribution is -2.25. The normalized spacial score (nSPS) is 22.0. The first-order chi connectivity index (χ1) is 7.43. The second kappa shape index (κ2) is 3.91. The molecule has 0 radical (unpaired) electrons. The van der Waals surface area contributed by atoms with Gasteiger partial charge in [0.2, 0.25) is 0 Å². The van der Waals surface area contributed by atoms with Gasteiger partial charge in [-0.1, -0.05) is 6.42 Å². The zero-order valence-electron chi connectivity index (χ0n) is 8.57. The molecule has 3 heteroatoms. The van der Waals surface area contributed by atoms with Crippen LogP contribution in [0.3, 0.4) is 0 Å². The van der Waals surface area contributed by atoms with Crippen molar-refractivity contribution < 1.29 is 0 Å². The van der Waals surface area contributed by atoms with Crippen molar-refractivity contribution >= 4 is 21.4 Å². The number of nitrogens with zero attached hydrogens (tertiary/aromatic N) is 1. The average molecular weight is 218 g/mol. The molecule has 0 saturated carbocycles. The molecule has 3 heterocycles. The number of piperidine rings is 1. The van der Waals surface area contributed by atoms with Crippen molar-refractivity contribution in [2.24, 2.45) is 0 Å². The Bertz CT molecular complexity index is 424. The van der Waals surface area contributed by atoms with Crippen LogP contribution in [0, 0.1) is 0 Å². The van der Waals surface area contributed by atoms with Crippen LogP contribution < -0.4 is 5.32 Å². The van der Waals surface area contributed by atoms with Crippen LogP contribution in [0.25, 0.3) is 10.1 Å². The van der Waals surface area contributed by atoms with Crippen LogP contribution in [0.1, 0.15) is 30.2 Å². The molecule has 2 aromatic rings. The molecule has 0 amide bonds. The van der Waals surface area contributed by atoms with Gasteiger partial charge in [0.15, 0.2) is 0 Å².